The fraction of sp³-hybridized carbons (Fsp3) is 0.333. The van der Waals surface area contributed by atoms with Crippen molar-refractivity contribution in [2.75, 3.05) is 11.4 Å². The molecule has 1 amide bonds. The number of thiol groups is 1. The van der Waals surface area contributed by atoms with Crippen molar-refractivity contribution in [2.24, 2.45) is 0 Å². The lowest BCUT2D eigenvalue weighted by molar-refractivity contribution is -0.117. The number of aromatic nitrogens is 1. The molecule has 80 valence electrons. The van der Waals surface area contributed by atoms with Gasteiger partial charge in [0.25, 0.3) is 0 Å². The SMILES string of the molecule is O=C1CC(S)CN1c1ccc(Br)c(Br)n1. The third kappa shape index (κ3) is 2.37. The maximum atomic E-state index is 11.6. The van der Waals surface area contributed by atoms with Crippen molar-refractivity contribution in [3.8, 4) is 0 Å². The van der Waals surface area contributed by atoms with Gasteiger partial charge in [-0.15, -0.1) is 0 Å². The molecule has 1 atom stereocenters. The minimum Gasteiger partial charge on any atom is -0.296 e. The second-order valence-corrected chi connectivity index (χ2v) is 5.64. The third-order valence-electron chi connectivity index (χ3n) is 2.17. The Morgan fingerprint density at radius 3 is 2.73 bits per heavy atom. The smallest absolute Gasteiger partial charge is 0.229 e. The van der Waals surface area contributed by atoms with Crippen molar-refractivity contribution in [3.63, 3.8) is 0 Å². The Hall–Kier alpha value is -0.0700. The van der Waals surface area contributed by atoms with E-state index in [4.69, 9.17) is 0 Å². The molecule has 0 N–H and O–H groups in total. The van der Waals surface area contributed by atoms with E-state index in [1.165, 1.54) is 0 Å². The number of anilines is 1. The zero-order valence-electron chi connectivity index (χ0n) is 7.65. The van der Waals surface area contributed by atoms with Crippen LogP contribution in [0.25, 0.3) is 0 Å². The van der Waals surface area contributed by atoms with Crippen LogP contribution in [0.2, 0.25) is 0 Å². The summed E-state index contributed by atoms with van der Waals surface area (Å²) in [7, 11) is 0. The van der Waals surface area contributed by atoms with Gasteiger partial charge < -0.3 is 0 Å². The molecule has 3 nitrogen and oxygen atoms in total. The van der Waals surface area contributed by atoms with Crippen molar-refractivity contribution in [2.45, 2.75) is 11.7 Å². The minimum absolute atomic E-state index is 0.0803. The van der Waals surface area contributed by atoms with Crippen LogP contribution >= 0.6 is 44.5 Å². The van der Waals surface area contributed by atoms with Crippen LogP contribution in [-0.4, -0.2) is 22.7 Å². The number of nitrogens with zero attached hydrogens (tertiary/aromatic N) is 2. The summed E-state index contributed by atoms with van der Waals surface area (Å²) < 4.78 is 1.58. The molecule has 2 rings (SSSR count). The number of rotatable bonds is 1. The average Bonchev–Trinajstić information content (AvgIpc) is 2.50. The van der Waals surface area contributed by atoms with E-state index >= 15 is 0 Å². The average molecular weight is 352 g/mol. The number of carbonyl (C=O) groups excluding carboxylic acids is 1. The number of carbonyl (C=O) groups is 1. The van der Waals surface area contributed by atoms with Gasteiger partial charge in [0.2, 0.25) is 5.91 Å². The maximum absolute atomic E-state index is 11.6. The molecule has 1 aromatic rings. The first-order valence-electron chi connectivity index (χ1n) is 4.38. The van der Waals surface area contributed by atoms with Crippen LogP contribution in [0.5, 0.6) is 0 Å². The Kier molecular flexibility index (Phi) is 3.37. The van der Waals surface area contributed by atoms with Crippen molar-refractivity contribution < 1.29 is 4.79 Å². The van der Waals surface area contributed by atoms with Gasteiger partial charge in [0.05, 0.1) is 4.47 Å². The predicted molar refractivity (Wildman–Crippen MR) is 69.4 cm³/mol. The highest BCUT2D eigenvalue weighted by Crippen LogP contribution is 2.27. The number of amides is 1. The number of halogens is 2. The van der Waals surface area contributed by atoms with E-state index in [2.05, 4.69) is 49.5 Å². The van der Waals surface area contributed by atoms with E-state index in [-0.39, 0.29) is 11.2 Å². The molecule has 2 heterocycles. The fourth-order valence-electron chi connectivity index (χ4n) is 1.47. The Bertz CT molecular complexity index is 413. The monoisotopic (exact) mass is 350 g/mol. The second-order valence-electron chi connectivity index (χ2n) is 3.30. The summed E-state index contributed by atoms with van der Waals surface area (Å²) in [6, 6.07) is 3.68. The molecule has 15 heavy (non-hydrogen) atoms. The van der Waals surface area contributed by atoms with E-state index in [0.717, 1.165) is 4.47 Å². The lowest BCUT2D eigenvalue weighted by Crippen LogP contribution is -2.25. The molecule has 1 aliphatic heterocycles. The quantitative estimate of drug-likeness (QED) is 0.623. The summed E-state index contributed by atoms with van der Waals surface area (Å²) in [5.41, 5.74) is 0. The van der Waals surface area contributed by atoms with Gasteiger partial charge in [-0.25, -0.2) is 4.98 Å². The topological polar surface area (TPSA) is 33.2 Å². The molecule has 0 spiro atoms. The molecule has 1 saturated heterocycles. The Morgan fingerprint density at radius 1 is 1.47 bits per heavy atom. The second kappa shape index (κ2) is 4.43. The van der Waals surface area contributed by atoms with E-state index < -0.39 is 0 Å². The summed E-state index contributed by atoms with van der Waals surface area (Å²) in [6.45, 7) is 0.628. The van der Waals surface area contributed by atoms with Crippen LogP contribution < -0.4 is 4.90 Å². The zero-order valence-corrected chi connectivity index (χ0v) is 11.7. The van der Waals surface area contributed by atoms with Gasteiger partial charge in [0, 0.05) is 18.2 Å². The molecule has 1 aromatic heterocycles. The van der Waals surface area contributed by atoms with Crippen LogP contribution in [0, 0.1) is 0 Å². The van der Waals surface area contributed by atoms with Crippen molar-refractivity contribution in [3.05, 3.63) is 21.2 Å². The Balaban J connectivity index is 2.30. The van der Waals surface area contributed by atoms with Gasteiger partial charge >= 0.3 is 0 Å². The molecule has 6 heteroatoms. The lowest BCUT2D eigenvalue weighted by atomic mass is 10.4. The molecule has 0 bridgehead atoms. The lowest BCUT2D eigenvalue weighted by Gasteiger charge is -2.15. The molecular weight excluding hydrogens is 344 g/mol. The summed E-state index contributed by atoms with van der Waals surface area (Å²) in [6.07, 6.45) is 0.485. The first-order valence-corrected chi connectivity index (χ1v) is 6.48. The van der Waals surface area contributed by atoms with Crippen molar-refractivity contribution >= 4 is 56.2 Å². The van der Waals surface area contributed by atoms with Crippen LogP contribution in [0.4, 0.5) is 5.82 Å². The highest BCUT2D eigenvalue weighted by Gasteiger charge is 2.29. The maximum Gasteiger partial charge on any atom is 0.229 e. The fourth-order valence-corrected chi connectivity index (χ4v) is 2.32. The van der Waals surface area contributed by atoms with Gasteiger partial charge in [0.1, 0.15) is 10.4 Å². The summed E-state index contributed by atoms with van der Waals surface area (Å²) in [4.78, 5) is 17.5. The van der Waals surface area contributed by atoms with E-state index in [9.17, 15) is 4.79 Å². The van der Waals surface area contributed by atoms with E-state index in [1.807, 2.05) is 12.1 Å². The molecule has 1 fully saturated rings. The third-order valence-corrected chi connectivity index (χ3v) is 4.29. The Labute approximate surface area is 110 Å². The highest BCUT2D eigenvalue weighted by molar-refractivity contribution is 9.13. The van der Waals surface area contributed by atoms with Crippen LogP contribution in [-0.2, 0) is 4.79 Å². The molecular formula is C9H8Br2N2OS. The molecule has 0 aliphatic carbocycles. The molecule has 0 saturated carbocycles. The van der Waals surface area contributed by atoms with E-state index in [0.29, 0.717) is 23.4 Å². The van der Waals surface area contributed by atoms with Gasteiger partial charge in [-0.2, -0.15) is 12.6 Å². The molecule has 0 aromatic carbocycles. The van der Waals surface area contributed by atoms with Gasteiger partial charge in [-0.3, -0.25) is 9.69 Å². The summed E-state index contributed by atoms with van der Waals surface area (Å²) in [5, 5.41) is 0.113. The number of pyridine rings is 1. The molecule has 1 aliphatic rings. The number of hydrogen-bond acceptors (Lipinski definition) is 3. The van der Waals surface area contributed by atoms with Gasteiger partial charge in [-0.1, -0.05) is 0 Å². The van der Waals surface area contributed by atoms with Crippen molar-refractivity contribution in [1.29, 1.82) is 0 Å². The number of hydrogen-bond donors (Lipinski definition) is 1. The molecule has 0 radical (unpaired) electrons. The van der Waals surface area contributed by atoms with E-state index in [1.54, 1.807) is 4.90 Å². The highest BCUT2D eigenvalue weighted by atomic mass is 79.9. The predicted octanol–water partition coefficient (Wildman–Crippen LogP) is 2.64. The zero-order chi connectivity index (χ0) is 11.0. The summed E-state index contributed by atoms with van der Waals surface area (Å²) >= 11 is 10.9. The normalized spacial score (nSPS) is 21.1. The largest absolute Gasteiger partial charge is 0.296 e. The first kappa shape index (κ1) is 11.4. The van der Waals surface area contributed by atoms with Crippen molar-refractivity contribution in [1.82, 2.24) is 4.98 Å². The Morgan fingerprint density at radius 2 is 2.20 bits per heavy atom. The van der Waals surface area contributed by atoms with Gasteiger partial charge in [-0.05, 0) is 44.0 Å². The van der Waals surface area contributed by atoms with Crippen LogP contribution in [0.15, 0.2) is 21.2 Å². The minimum atomic E-state index is 0.0803. The van der Waals surface area contributed by atoms with Gasteiger partial charge in [0.15, 0.2) is 0 Å². The summed E-state index contributed by atoms with van der Waals surface area (Å²) in [5.74, 6) is 0.753. The molecule has 1 unspecified atom stereocenters. The van der Waals surface area contributed by atoms with Crippen LogP contribution in [0.3, 0.4) is 0 Å². The standard InChI is InChI=1S/C9H8Br2N2OS/c10-6-1-2-7(12-9(6)11)13-4-5(15)3-8(13)14/h1-2,5,15H,3-4H2. The van der Waals surface area contributed by atoms with Crippen LogP contribution in [0.1, 0.15) is 6.42 Å². The first-order chi connectivity index (χ1) is 7.08.